The summed E-state index contributed by atoms with van der Waals surface area (Å²) in [4.78, 5) is 0. The molecule has 0 saturated heterocycles. The van der Waals surface area contributed by atoms with Crippen molar-refractivity contribution in [2.75, 3.05) is 0 Å². The normalized spacial score (nSPS) is 20.7. The summed E-state index contributed by atoms with van der Waals surface area (Å²) in [5, 5.41) is 1.21. The summed E-state index contributed by atoms with van der Waals surface area (Å²) in [6.07, 6.45) is 2.99. The van der Waals surface area contributed by atoms with Gasteiger partial charge in [-0.2, -0.15) is 4.57 Å². The van der Waals surface area contributed by atoms with Crippen LogP contribution in [0.2, 0.25) is 0 Å². The van der Waals surface area contributed by atoms with Gasteiger partial charge in [0.2, 0.25) is 11.2 Å². The van der Waals surface area contributed by atoms with Crippen molar-refractivity contribution < 1.29 is 8.96 Å². The molecule has 1 atom stereocenters. The molecule has 0 fully saturated rings. The SMILES string of the molecule is CCC1(C)c2cccc(F)c2-c2ccc3ccccc3[n+]2C1(CC)CC. The predicted octanol–water partition coefficient (Wildman–Crippen LogP) is 6.13. The summed E-state index contributed by atoms with van der Waals surface area (Å²) in [5.74, 6) is -0.119. The Hall–Kier alpha value is -2.22. The van der Waals surface area contributed by atoms with Crippen LogP contribution < -0.4 is 4.57 Å². The summed E-state index contributed by atoms with van der Waals surface area (Å²) in [5.41, 5.74) is 3.92. The molecular formula is C24H27FN+. The highest BCUT2D eigenvalue weighted by molar-refractivity contribution is 5.79. The number of hydrogen-bond acceptors (Lipinski definition) is 0. The lowest BCUT2D eigenvalue weighted by Gasteiger charge is -2.48. The van der Waals surface area contributed by atoms with E-state index in [4.69, 9.17) is 0 Å². The average Bonchev–Trinajstić information content (AvgIpc) is 2.68. The molecule has 0 amide bonds. The summed E-state index contributed by atoms with van der Waals surface area (Å²) in [7, 11) is 0. The highest BCUT2D eigenvalue weighted by Crippen LogP contribution is 2.52. The molecule has 0 radical (unpaired) electrons. The second-order valence-electron chi connectivity index (χ2n) is 7.70. The number of para-hydroxylation sites is 1. The van der Waals surface area contributed by atoms with Gasteiger partial charge < -0.3 is 0 Å². The maximum atomic E-state index is 15.1. The number of halogens is 1. The third-order valence-corrected chi connectivity index (χ3v) is 7.04. The Morgan fingerprint density at radius 1 is 0.846 bits per heavy atom. The van der Waals surface area contributed by atoms with Gasteiger partial charge in [0.1, 0.15) is 5.82 Å². The van der Waals surface area contributed by atoms with Crippen LogP contribution in [0.3, 0.4) is 0 Å². The van der Waals surface area contributed by atoms with Gasteiger partial charge >= 0.3 is 0 Å². The van der Waals surface area contributed by atoms with Crippen molar-refractivity contribution in [2.45, 2.75) is 57.9 Å². The third-order valence-electron chi connectivity index (χ3n) is 7.04. The fraction of sp³-hybridized carbons (Fsp3) is 0.375. The van der Waals surface area contributed by atoms with E-state index >= 15 is 4.39 Å². The molecule has 134 valence electrons. The molecule has 0 aliphatic carbocycles. The van der Waals surface area contributed by atoms with Crippen LogP contribution in [0.5, 0.6) is 0 Å². The maximum Gasteiger partial charge on any atom is 0.216 e. The van der Waals surface area contributed by atoms with Crippen molar-refractivity contribution >= 4 is 10.9 Å². The Bertz CT molecular complexity index is 987. The average molecular weight is 348 g/mol. The van der Waals surface area contributed by atoms with Gasteiger partial charge in [-0.1, -0.05) is 45.0 Å². The maximum absolute atomic E-state index is 15.1. The molecule has 2 aromatic carbocycles. The van der Waals surface area contributed by atoms with Crippen LogP contribution >= 0.6 is 0 Å². The first-order valence-electron chi connectivity index (χ1n) is 9.77. The highest BCUT2D eigenvalue weighted by Gasteiger charge is 2.59. The highest BCUT2D eigenvalue weighted by atomic mass is 19.1. The topological polar surface area (TPSA) is 3.88 Å². The zero-order valence-corrected chi connectivity index (χ0v) is 16.1. The van der Waals surface area contributed by atoms with E-state index in [1.54, 1.807) is 6.07 Å². The zero-order chi connectivity index (χ0) is 18.5. The molecule has 1 aliphatic heterocycles. The second kappa shape index (κ2) is 5.90. The van der Waals surface area contributed by atoms with E-state index in [1.165, 1.54) is 10.9 Å². The van der Waals surface area contributed by atoms with Gasteiger partial charge in [0.25, 0.3) is 0 Å². The lowest BCUT2D eigenvalue weighted by Crippen LogP contribution is -2.69. The zero-order valence-electron chi connectivity index (χ0n) is 16.1. The van der Waals surface area contributed by atoms with Gasteiger partial charge in [-0.05, 0) is 37.1 Å². The van der Waals surface area contributed by atoms with Crippen LogP contribution in [-0.4, -0.2) is 0 Å². The Morgan fingerprint density at radius 2 is 1.58 bits per heavy atom. The number of fused-ring (bicyclic) bond motifs is 5. The van der Waals surface area contributed by atoms with E-state index in [-0.39, 0.29) is 16.8 Å². The minimum atomic E-state index is -0.129. The molecule has 1 aromatic heterocycles. The summed E-state index contributed by atoms with van der Waals surface area (Å²) >= 11 is 0. The largest absolute Gasteiger partial charge is 0.216 e. The monoisotopic (exact) mass is 348 g/mol. The van der Waals surface area contributed by atoms with Crippen molar-refractivity contribution in [1.82, 2.24) is 0 Å². The molecule has 4 rings (SSSR count). The van der Waals surface area contributed by atoms with Crippen LogP contribution in [0.4, 0.5) is 4.39 Å². The van der Waals surface area contributed by atoms with Crippen molar-refractivity contribution in [1.29, 1.82) is 0 Å². The summed E-state index contributed by atoms with van der Waals surface area (Å²) in [6.45, 7) is 9.13. The van der Waals surface area contributed by atoms with Crippen LogP contribution in [0.15, 0.2) is 54.6 Å². The van der Waals surface area contributed by atoms with E-state index in [9.17, 15) is 0 Å². The first kappa shape index (κ1) is 17.2. The van der Waals surface area contributed by atoms with Gasteiger partial charge in [0.05, 0.1) is 11.0 Å². The molecule has 3 aromatic rings. The summed E-state index contributed by atoms with van der Waals surface area (Å²) < 4.78 is 17.5. The summed E-state index contributed by atoms with van der Waals surface area (Å²) in [6, 6.07) is 18.3. The first-order chi connectivity index (χ1) is 12.5. The second-order valence-corrected chi connectivity index (χ2v) is 7.70. The van der Waals surface area contributed by atoms with E-state index in [1.807, 2.05) is 6.07 Å². The Morgan fingerprint density at radius 3 is 2.27 bits per heavy atom. The minimum Gasteiger partial charge on any atom is -0.206 e. The number of hydrogen-bond donors (Lipinski definition) is 0. The standard InChI is InChI=1S/C24H27FN/c1-5-23(4)18-12-10-13-19(25)22(18)21-16-15-17-11-8-9-14-20(17)26(21)24(23,6-2)7-3/h8-16H,5-7H2,1-4H3/q+1. The lowest BCUT2D eigenvalue weighted by atomic mass is 9.58. The molecule has 1 unspecified atom stereocenters. The lowest BCUT2D eigenvalue weighted by molar-refractivity contribution is -0.747. The van der Waals surface area contributed by atoms with Gasteiger partial charge in [-0.15, -0.1) is 0 Å². The van der Waals surface area contributed by atoms with Crippen LogP contribution in [0, 0.1) is 5.82 Å². The van der Waals surface area contributed by atoms with E-state index in [0.717, 1.165) is 36.1 Å². The van der Waals surface area contributed by atoms with E-state index in [2.05, 4.69) is 74.7 Å². The Balaban J connectivity index is 2.26. The Kier molecular flexibility index (Phi) is 3.91. The van der Waals surface area contributed by atoms with E-state index < -0.39 is 0 Å². The van der Waals surface area contributed by atoms with E-state index in [0.29, 0.717) is 0 Å². The molecule has 2 heterocycles. The van der Waals surface area contributed by atoms with Crippen molar-refractivity contribution in [3.05, 3.63) is 66.0 Å². The van der Waals surface area contributed by atoms with Crippen LogP contribution in [0.25, 0.3) is 22.2 Å². The van der Waals surface area contributed by atoms with Crippen molar-refractivity contribution in [2.24, 2.45) is 0 Å². The molecule has 2 heteroatoms. The van der Waals surface area contributed by atoms with Crippen LogP contribution in [0.1, 0.15) is 52.5 Å². The molecule has 1 aliphatic rings. The number of aromatic nitrogens is 1. The molecule has 26 heavy (non-hydrogen) atoms. The molecular weight excluding hydrogens is 321 g/mol. The van der Waals surface area contributed by atoms with Gasteiger partial charge in [0.15, 0.2) is 5.54 Å². The number of pyridine rings is 1. The van der Waals surface area contributed by atoms with Crippen LogP contribution in [-0.2, 0) is 11.0 Å². The molecule has 0 saturated carbocycles. The van der Waals surface area contributed by atoms with Gasteiger partial charge in [-0.3, -0.25) is 0 Å². The predicted molar refractivity (Wildman–Crippen MR) is 106 cm³/mol. The minimum absolute atomic E-state index is 0.0846. The first-order valence-corrected chi connectivity index (χ1v) is 9.77. The third kappa shape index (κ3) is 1.93. The quantitative estimate of drug-likeness (QED) is 0.501. The number of benzene rings is 2. The van der Waals surface area contributed by atoms with Crippen molar-refractivity contribution in [3.8, 4) is 11.3 Å². The Labute approximate surface area is 155 Å². The number of rotatable bonds is 3. The molecule has 1 nitrogen and oxygen atoms in total. The van der Waals surface area contributed by atoms with Crippen molar-refractivity contribution in [3.63, 3.8) is 0 Å². The molecule has 0 spiro atoms. The molecule has 0 bridgehead atoms. The molecule has 0 N–H and O–H groups in total. The number of nitrogens with zero attached hydrogens (tertiary/aromatic N) is 1. The van der Waals surface area contributed by atoms with Gasteiger partial charge in [-0.25, -0.2) is 4.39 Å². The smallest absolute Gasteiger partial charge is 0.206 e. The van der Waals surface area contributed by atoms with Gasteiger partial charge in [0, 0.05) is 30.4 Å². The fourth-order valence-electron chi connectivity index (χ4n) is 5.47. The fourth-order valence-corrected chi connectivity index (χ4v) is 5.47.